The molecule has 0 radical (unpaired) electrons. The Morgan fingerprint density at radius 2 is 2.00 bits per heavy atom. The van der Waals surface area contributed by atoms with Gasteiger partial charge in [-0.05, 0) is 51.5 Å². The van der Waals surface area contributed by atoms with Crippen molar-refractivity contribution in [2.75, 3.05) is 12.3 Å². The van der Waals surface area contributed by atoms with Crippen molar-refractivity contribution in [3.8, 4) is 0 Å². The van der Waals surface area contributed by atoms with Crippen molar-refractivity contribution in [1.82, 2.24) is 10.6 Å². The molecule has 0 bridgehead atoms. The molecular weight excluding hydrogens is 310 g/mol. The number of nitrogens with one attached hydrogen (secondary N) is 2. The lowest BCUT2D eigenvalue weighted by molar-refractivity contribution is 0.0507. The number of hydrogen-bond donors (Lipinski definition) is 3. The zero-order valence-corrected chi connectivity index (χ0v) is 16.0. The summed E-state index contributed by atoms with van der Waals surface area (Å²) in [6, 6.07) is 1.92. The highest BCUT2D eigenvalue weighted by atomic mass is 32.1. The average Bonchev–Trinajstić information content (AvgIpc) is 2.77. The molecular formula is C17H31N3O2S. The molecule has 1 amide bonds. The third-order valence-electron chi connectivity index (χ3n) is 3.34. The summed E-state index contributed by atoms with van der Waals surface area (Å²) < 4.78 is 5.31. The number of amides is 1. The van der Waals surface area contributed by atoms with Crippen LogP contribution in [-0.4, -0.2) is 23.8 Å². The van der Waals surface area contributed by atoms with Crippen molar-refractivity contribution in [2.24, 2.45) is 5.92 Å². The number of carbonyl (C=O) groups is 1. The summed E-state index contributed by atoms with van der Waals surface area (Å²) >= 11 is 1.64. The van der Waals surface area contributed by atoms with Crippen molar-refractivity contribution in [1.29, 1.82) is 0 Å². The molecule has 1 heterocycles. The molecule has 1 unspecified atom stereocenters. The summed E-state index contributed by atoms with van der Waals surface area (Å²) in [6.45, 7) is 13.2. The fourth-order valence-electron chi connectivity index (χ4n) is 2.48. The van der Waals surface area contributed by atoms with Crippen LogP contribution in [0.1, 0.15) is 52.8 Å². The van der Waals surface area contributed by atoms with E-state index in [4.69, 9.17) is 10.5 Å². The van der Waals surface area contributed by atoms with E-state index in [1.54, 1.807) is 11.3 Å². The lowest BCUT2D eigenvalue weighted by Crippen LogP contribution is -2.52. The molecule has 1 aromatic heterocycles. The van der Waals surface area contributed by atoms with Gasteiger partial charge in [-0.1, -0.05) is 13.8 Å². The van der Waals surface area contributed by atoms with Crippen LogP contribution in [0, 0.1) is 5.92 Å². The summed E-state index contributed by atoms with van der Waals surface area (Å²) in [5, 5.41) is 8.42. The van der Waals surface area contributed by atoms with Crippen LogP contribution in [0.3, 0.4) is 0 Å². The number of hydrogen-bond acceptors (Lipinski definition) is 5. The van der Waals surface area contributed by atoms with Gasteiger partial charge in [-0.2, -0.15) is 0 Å². The fraction of sp³-hybridized carbons (Fsp3) is 0.706. The molecule has 0 fully saturated rings. The Bertz CT molecular complexity index is 508. The van der Waals surface area contributed by atoms with E-state index < -0.39 is 5.60 Å². The highest BCUT2D eigenvalue weighted by molar-refractivity contribution is 7.10. The number of carbonyl (C=O) groups excluding carboxylic acids is 1. The Labute approximate surface area is 144 Å². The summed E-state index contributed by atoms with van der Waals surface area (Å²) in [6.07, 6.45) is 0.554. The second-order valence-corrected chi connectivity index (χ2v) is 8.67. The number of alkyl carbamates (subject to hydrolysis) is 1. The number of nitrogen functional groups attached to an aromatic ring is 1. The molecule has 0 aromatic carbocycles. The minimum absolute atomic E-state index is 0.221. The van der Waals surface area contributed by atoms with E-state index in [1.807, 2.05) is 32.2 Å². The van der Waals surface area contributed by atoms with E-state index in [0.29, 0.717) is 19.0 Å². The molecule has 1 atom stereocenters. The Balaban J connectivity index is 2.62. The van der Waals surface area contributed by atoms with Gasteiger partial charge in [0.25, 0.3) is 0 Å². The molecule has 132 valence electrons. The van der Waals surface area contributed by atoms with Crippen molar-refractivity contribution in [3.63, 3.8) is 0 Å². The lowest BCUT2D eigenvalue weighted by atomic mass is 9.90. The molecule has 0 saturated carbocycles. The number of ether oxygens (including phenoxy) is 1. The van der Waals surface area contributed by atoms with Gasteiger partial charge < -0.3 is 21.1 Å². The van der Waals surface area contributed by atoms with E-state index >= 15 is 0 Å². The van der Waals surface area contributed by atoms with Gasteiger partial charge in [0, 0.05) is 29.2 Å². The first-order chi connectivity index (χ1) is 10.5. The summed E-state index contributed by atoms with van der Waals surface area (Å²) in [7, 11) is 0. The zero-order valence-electron chi connectivity index (χ0n) is 15.2. The molecule has 1 rings (SSSR count). The highest BCUT2D eigenvalue weighted by Crippen LogP contribution is 2.22. The Morgan fingerprint density at radius 1 is 1.35 bits per heavy atom. The number of nitrogens with two attached hydrogens (primary N) is 1. The van der Waals surface area contributed by atoms with E-state index in [1.165, 1.54) is 0 Å². The van der Waals surface area contributed by atoms with Crippen LogP contribution in [0.15, 0.2) is 11.4 Å². The minimum Gasteiger partial charge on any atom is -0.444 e. The van der Waals surface area contributed by atoms with Gasteiger partial charge in [0.15, 0.2) is 0 Å². The van der Waals surface area contributed by atoms with E-state index in [0.717, 1.165) is 17.0 Å². The zero-order chi connectivity index (χ0) is 17.7. The molecule has 1 aromatic rings. The Kier molecular flexibility index (Phi) is 6.89. The van der Waals surface area contributed by atoms with Gasteiger partial charge in [0.1, 0.15) is 5.60 Å². The molecule has 0 aliphatic heterocycles. The first kappa shape index (κ1) is 19.8. The highest BCUT2D eigenvalue weighted by Gasteiger charge is 2.27. The molecule has 0 spiro atoms. The standard InChI is InChI=1S/C17H31N3O2S/c1-12(2)9-17(6,11-19-15(21)22-16(3,4)5)20-10-14-13(18)7-8-23-14/h7-8,12,20H,9-11,18H2,1-6H3,(H,19,21). The van der Waals surface area contributed by atoms with Crippen LogP contribution in [0.5, 0.6) is 0 Å². The minimum atomic E-state index is -0.489. The number of thiophene rings is 1. The van der Waals surface area contributed by atoms with Crippen LogP contribution < -0.4 is 16.4 Å². The Hall–Kier alpha value is -1.27. The Morgan fingerprint density at radius 3 is 2.48 bits per heavy atom. The molecule has 0 aliphatic carbocycles. The predicted octanol–water partition coefficient (Wildman–Crippen LogP) is 3.75. The SMILES string of the molecule is CC(C)CC(C)(CNC(=O)OC(C)(C)C)NCc1sccc1N. The number of rotatable bonds is 7. The summed E-state index contributed by atoms with van der Waals surface area (Å²) in [4.78, 5) is 13.0. The largest absolute Gasteiger partial charge is 0.444 e. The maximum atomic E-state index is 11.9. The van der Waals surface area contributed by atoms with Gasteiger partial charge in [-0.25, -0.2) is 4.79 Å². The average molecular weight is 342 g/mol. The van der Waals surface area contributed by atoms with Crippen molar-refractivity contribution < 1.29 is 9.53 Å². The first-order valence-corrected chi connectivity index (χ1v) is 8.92. The lowest BCUT2D eigenvalue weighted by Gasteiger charge is -2.33. The predicted molar refractivity (Wildman–Crippen MR) is 97.7 cm³/mol. The third-order valence-corrected chi connectivity index (χ3v) is 4.27. The van der Waals surface area contributed by atoms with Gasteiger partial charge in [0.05, 0.1) is 0 Å². The first-order valence-electron chi connectivity index (χ1n) is 8.04. The van der Waals surface area contributed by atoms with Crippen LogP contribution >= 0.6 is 11.3 Å². The molecule has 4 N–H and O–H groups in total. The summed E-state index contributed by atoms with van der Waals surface area (Å²) in [5.41, 5.74) is 6.05. The maximum absolute atomic E-state index is 11.9. The quantitative estimate of drug-likeness (QED) is 0.706. The normalized spacial score (nSPS) is 14.6. The smallest absolute Gasteiger partial charge is 0.407 e. The van der Waals surface area contributed by atoms with Crippen molar-refractivity contribution in [2.45, 2.75) is 65.6 Å². The van der Waals surface area contributed by atoms with Crippen molar-refractivity contribution >= 4 is 23.1 Å². The number of anilines is 1. The molecule has 0 aliphatic rings. The van der Waals surface area contributed by atoms with Gasteiger partial charge in [-0.15, -0.1) is 11.3 Å². The monoisotopic (exact) mass is 341 g/mol. The maximum Gasteiger partial charge on any atom is 0.407 e. The molecule has 0 saturated heterocycles. The second kappa shape index (κ2) is 8.02. The van der Waals surface area contributed by atoms with Gasteiger partial charge in [-0.3, -0.25) is 0 Å². The van der Waals surface area contributed by atoms with Crippen LogP contribution in [0.25, 0.3) is 0 Å². The van der Waals surface area contributed by atoms with Crippen LogP contribution in [0.4, 0.5) is 10.5 Å². The summed E-state index contributed by atoms with van der Waals surface area (Å²) in [5.74, 6) is 0.508. The van der Waals surface area contributed by atoms with Crippen molar-refractivity contribution in [3.05, 3.63) is 16.3 Å². The molecule has 6 heteroatoms. The van der Waals surface area contributed by atoms with Gasteiger partial charge >= 0.3 is 6.09 Å². The van der Waals surface area contributed by atoms with Gasteiger partial charge in [0.2, 0.25) is 0 Å². The van der Waals surface area contributed by atoms with Crippen LogP contribution in [-0.2, 0) is 11.3 Å². The van der Waals surface area contributed by atoms with Crippen LogP contribution in [0.2, 0.25) is 0 Å². The second-order valence-electron chi connectivity index (χ2n) is 7.67. The molecule has 23 heavy (non-hydrogen) atoms. The fourth-order valence-corrected chi connectivity index (χ4v) is 3.22. The van der Waals surface area contributed by atoms with E-state index in [-0.39, 0.29) is 11.6 Å². The van der Waals surface area contributed by atoms with E-state index in [2.05, 4.69) is 31.4 Å². The van der Waals surface area contributed by atoms with E-state index in [9.17, 15) is 4.79 Å². The third kappa shape index (κ3) is 7.70. The topological polar surface area (TPSA) is 76.4 Å². The molecule has 5 nitrogen and oxygen atoms in total.